The lowest BCUT2D eigenvalue weighted by molar-refractivity contribution is -0.160. The summed E-state index contributed by atoms with van der Waals surface area (Å²) in [4.78, 5) is 69.2. The zero-order valence-electron chi connectivity index (χ0n) is 23.9. The summed E-state index contributed by atoms with van der Waals surface area (Å²) in [5.41, 5.74) is 0.512. The second-order valence-corrected chi connectivity index (χ2v) is 9.00. The first-order valence-corrected chi connectivity index (χ1v) is 13.4. The molecule has 0 aliphatic carbocycles. The molecular weight excluding hydrogens is 544 g/mol. The van der Waals surface area contributed by atoms with Crippen molar-refractivity contribution in [3.8, 4) is 0 Å². The van der Waals surface area contributed by atoms with Gasteiger partial charge in [0.2, 0.25) is 0 Å². The summed E-state index contributed by atoms with van der Waals surface area (Å²) in [5, 5.41) is 9.82. The van der Waals surface area contributed by atoms with Crippen molar-refractivity contribution in [2.45, 2.75) is 77.7 Å². The van der Waals surface area contributed by atoms with Gasteiger partial charge in [0.15, 0.2) is 6.10 Å². The molecular formula is C28H42O13. The van der Waals surface area contributed by atoms with Crippen LogP contribution in [0.5, 0.6) is 0 Å². The molecule has 0 radical (unpaired) electrons. The number of carbonyl (C=O) groups excluding carboxylic acids is 6. The number of esters is 6. The minimum absolute atomic E-state index is 0.0128. The van der Waals surface area contributed by atoms with E-state index in [0.717, 1.165) is 0 Å². The number of aliphatic hydroxyl groups is 1. The number of unbranched alkanes of at least 4 members (excludes halogenated alkanes) is 4. The molecule has 0 aliphatic heterocycles. The van der Waals surface area contributed by atoms with E-state index in [1.807, 2.05) is 0 Å². The molecule has 1 unspecified atom stereocenters. The molecule has 41 heavy (non-hydrogen) atoms. The van der Waals surface area contributed by atoms with Crippen molar-refractivity contribution in [3.05, 3.63) is 24.3 Å². The van der Waals surface area contributed by atoms with Crippen molar-refractivity contribution in [3.63, 3.8) is 0 Å². The Hall–Kier alpha value is -3.74. The smallest absolute Gasteiger partial charge is 0.335 e. The number of hydrogen-bond acceptors (Lipinski definition) is 13. The predicted octanol–water partition coefficient (Wildman–Crippen LogP) is 2.27. The fourth-order valence-corrected chi connectivity index (χ4v) is 2.82. The molecule has 0 aromatic rings. The second-order valence-electron chi connectivity index (χ2n) is 9.00. The lowest BCUT2D eigenvalue weighted by Gasteiger charge is -2.11. The fraction of sp³-hybridized carbons (Fsp3) is 0.643. The Bertz CT molecular complexity index is 893. The highest BCUT2D eigenvalue weighted by molar-refractivity contribution is 5.87. The summed E-state index contributed by atoms with van der Waals surface area (Å²) in [7, 11) is 0. The van der Waals surface area contributed by atoms with Crippen LogP contribution in [0, 0.1) is 0 Å². The van der Waals surface area contributed by atoms with Crippen LogP contribution in [0.15, 0.2) is 24.3 Å². The normalized spacial score (nSPS) is 11.0. The average Bonchev–Trinajstić information content (AvgIpc) is 2.92. The van der Waals surface area contributed by atoms with Gasteiger partial charge in [0, 0.05) is 24.0 Å². The van der Waals surface area contributed by atoms with E-state index in [1.165, 1.54) is 13.8 Å². The third-order valence-corrected chi connectivity index (χ3v) is 5.05. The van der Waals surface area contributed by atoms with Crippen molar-refractivity contribution in [1.29, 1.82) is 0 Å². The summed E-state index contributed by atoms with van der Waals surface area (Å²) in [5.74, 6) is -3.69. The molecule has 0 aromatic carbocycles. The first kappa shape index (κ1) is 37.3. The lowest BCUT2D eigenvalue weighted by Crippen LogP contribution is -2.27. The van der Waals surface area contributed by atoms with Gasteiger partial charge in [-0.1, -0.05) is 13.2 Å². The van der Waals surface area contributed by atoms with Gasteiger partial charge < -0.3 is 33.5 Å². The Labute approximate surface area is 240 Å². The van der Waals surface area contributed by atoms with Crippen molar-refractivity contribution >= 4 is 35.8 Å². The van der Waals surface area contributed by atoms with Gasteiger partial charge in [-0.25, -0.2) is 14.4 Å². The van der Waals surface area contributed by atoms with E-state index < -0.39 is 48.3 Å². The van der Waals surface area contributed by atoms with E-state index in [2.05, 4.69) is 13.2 Å². The molecule has 1 N–H and O–H groups in total. The summed E-state index contributed by atoms with van der Waals surface area (Å²) in [6.07, 6.45) is 1.18. The highest BCUT2D eigenvalue weighted by Gasteiger charge is 2.21. The third kappa shape index (κ3) is 21.7. The SMILES string of the molecule is C=C(C)C(=O)OCCOC(=O)CCCCCOC(=O)CC(O)C(=O)OCCCCCC(=O)OCCOC(=O)C(=C)C. The molecule has 0 aromatic heterocycles. The molecule has 0 saturated carbocycles. The van der Waals surface area contributed by atoms with E-state index in [9.17, 15) is 33.9 Å². The van der Waals surface area contributed by atoms with Crippen LogP contribution in [0.1, 0.15) is 71.6 Å². The number of carbonyl (C=O) groups is 6. The first-order chi connectivity index (χ1) is 19.4. The largest absolute Gasteiger partial charge is 0.466 e. The van der Waals surface area contributed by atoms with Gasteiger partial charge in [-0.15, -0.1) is 0 Å². The minimum Gasteiger partial charge on any atom is -0.466 e. The second kappa shape index (κ2) is 23.0. The summed E-state index contributed by atoms with van der Waals surface area (Å²) < 4.78 is 29.4. The quantitative estimate of drug-likeness (QED) is 0.0798. The highest BCUT2D eigenvalue weighted by atomic mass is 16.6. The Morgan fingerprint density at radius 1 is 0.537 bits per heavy atom. The van der Waals surface area contributed by atoms with Crippen LogP contribution in [-0.2, 0) is 57.2 Å². The monoisotopic (exact) mass is 586 g/mol. The number of rotatable bonds is 23. The van der Waals surface area contributed by atoms with Crippen molar-refractivity contribution in [2.75, 3.05) is 39.6 Å². The van der Waals surface area contributed by atoms with Crippen LogP contribution in [0.3, 0.4) is 0 Å². The Kier molecular flexibility index (Phi) is 20.9. The number of aliphatic hydroxyl groups excluding tert-OH is 1. The van der Waals surface area contributed by atoms with Crippen LogP contribution in [-0.4, -0.2) is 86.7 Å². The Morgan fingerprint density at radius 3 is 1.37 bits per heavy atom. The molecule has 0 saturated heterocycles. The molecule has 232 valence electrons. The maximum absolute atomic E-state index is 11.8. The molecule has 1 atom stereocenters. The van der Waals surface area contributed by atoms with Crippen LogP contribution in [0.2, 0.25) is 0 Å². The summed E-state index contributed by atoms with van der Waals surface area (Å²) in [6, 6.07) is 0. The molecule has 0 amide bonds. The van der Waals surface area contributed by atoms with E-state index in [0.29, 0.717) is 38.5 Å². The van der Waals surface area contributed by atoms with E-state index in [1.54, 1.807) is 0 Å². The topological polar surface area (TPSA) is 178 Å². The minimum atomic E-state index is -1.65. The van der Waals surface area contributed by atoms with Gasteiger partial charge >= 0.3 is 35.8 Å². The first-order valence-electron chi connectivity index (χ1n) is 13.4. The van der Waals surface area contributed by atoms with Crippen LogP contribution in [0.4, 0.5) is 0 Å². The zero-order chi connectivity index (χ0) is 31.0. The molecule has 0 fully saturated rings. The summed E-state index contributed by atoms with van der Waals surface area (Å²) in [6.45, 7) is 9.77. The maximum Gasteiger partial charge on any atom is 0.335 e. The zero-order valence-corrected chi connectivity index (χ0v) is 23.9. The van der Waals surface area contributed by atoms with Gasteiger partial charge in [-0.3, -0.25) is 14.4 Å². The van der Waals surface area contributed by atoms with Crippen molar-refractivity contribution in [2.24, 2.45) is 0 Å². The van der Waals surface area contributed by atoms with E-state index in [-0.39, 0.29) is 63.6 Å². The van der Waals surface area contributed by atoms with E-state index >= 15 is 0 Å². The molecule has 0 heterocycles. The van der Waals surface area contributed by atoms with Gasteiger partial charge in [0.1, 0.15) is 26.4 Å². The standard InChI is InChI=1S/C28H42O13/c1-20(2)26(33)40-17-15-37-23(30)11-7-5-9-13-36-25(32)19-22(29)28(35)39-14-10-6-8-12-24(31)38-16-18-41-27(34)21(3)4/h22,29H,1,3,5-19H2,2,4H3. The molecule has 0 aliphatic rings. The highest BCUT2D eigenvalue weighted by Crippen LogP contribution is 2.06. The number of ether oxygens (including phenoxy) is 6. The Morgan fingerprint density at radius 2 is 0.927 bits per heavy atom. The molecule has 13 nitrogen and oxygen atoms in total. The Balaban J connectivity index is 3.71. The lowest BCUT2D eigenvalue weighted by atomic mass is 10.2. The van der Waals surface area contributed by atoms with Crippen LogP contribution >= 0.6 is 0 Å². The van der Waals surface area contributed by atoms with Crippen LogP contribution < -0.4 is 0 Å². The molecule has 0 spiro atoms. The van der Waals surface area contributed by atoms with Gasteiger partial charge in [-0.2, -0.15) is 0 Å². The maximum atomic E-state index is 11.8. The molecule has 0 bridgehead atoms. The van der Waals surface area contributed by atoms with Crippen molar-refractivity contribution in [1.82, 2.24) is 0 Å². The van der Waals surface area contributed by atoms with Gasteiger partial charge in [-0.05, 0) is 52.4 Å². The average molecular weight is 587 g/mol. The fourth-order valence-electron chi connectivity index (χ4n) is 2.82. The van der Waals surface area contributed by atoms with Crippen molar-refractivity contribution < 1.29 is 62.3 Å². The summed E-state index contributed by atoms with van der Waals surface area (Å²) >= 11 is 0. The molecule has 0 rings (SSSR count). The third-order valence-electron chi connectivity index (χ3n) is 5.05. The molecule has 13 heteroatoms. The predicted molar refractivity (Wildman–Crippen MR) is 143 cm³/mol. The van der Waals surface area contributed by atoms with Gasteiger partial charge in [0.25, 0.3) is 0 Å². The van der Waals surface area contributed by atoms with Crippen LogP contribution in [0.25, 0.3) is 0 Å². The van der Waals surface area contributed by atoms with E-state index in [4.69, 9.17) is 28.4 Å². The number of hydrogen-bond donors (Lipinski definition) is 1. The van der Waals surface area contributed by atoms with Gasteiger partial charge in [0.05, 0.1) is 19.6 Å².